The molecule has 4 aliphatic rings. The predicted octanol–water partition coefficient (Wildman–Crippen LogP) is 8.84. The smallest absolute Gasteiger partial charge is 0.190 e. The minimum absolute atomic E-state index is 0.111. The summed E-state index contributed by atoms with van der Waals surface area (Å²) in [6, 6.07) is 40.6. The van der Waals surface area contributed by atoms with Gasteiger partial charge in [0.15, 0.2) is 24.2 Å². The van der Waals surface area contributed by atoms with Crippen LogP contribution >= 0.6 is 34.4 Å². The molecule has 328 valence electrons. The van der Waals surface area contributed by atoms with E-state index in [0.29, 0.717) is 19.8 Å². The van der Waals surface area contributed by atoms with Crippen LogP contribution in [0.4, 0.5) is 0 Å². The first-order valence-electron chi connectivity index (χ1n) is 21.1. The molecule has 4 aromatic rings. The fourth-order valence-corrected chi connectivity index (χ4v) is 9.64. The molecule has 0 spiro atoms. The number of benzene rings is 4. The van der Waals surface area contributed by atoms with Crippen molar-refractivity contribution in [2.75, 3.05) is 13.2 Å². The van der Waals surface area contributed by atoms with Crippen LogP contribution in [-0.2, 0) is 71.9 Å². The molecular formula is C48H57IO11S. The lowest BCUT2D eigenvalue weighted by molar-refractivity contribution is -0.294. The molecule has 4 aliphatic heterocycles. The Morgan fingerprint density at radius 2 is 1.10 bits per heavy atom. The van der Waals surface area contributed by atoms with Crippen molar-refractivity contribution in [1.82, 2.24) is 0 Å². The Bertz CT molecular complexity index is 1930. The molecular weight excluding hydrogens is 911 g/mol. The minimum atomic E-state index is -0.838. The zero-order valence-electron chi connectivity index (χ0n) is 35.3. The van der Waals surface area contributed by atoms with Gasteiger partial charge < -0.3 is 52.1 Å². The van der Waals surface area contributed by atoms with Crippen molar-refractivity contribution >= 4 is 34.4 Å². The molecule has 13 heteroatoms. The lowest BCUT2D eigenvalue weighted by Gasteiger charge is -2.47. The van der Waals surface area contributed by atoms with Crippen LogP contribution < -0.4 is 0 Å². The molecule has 0 radical (unpaired) electrons. The SMILES string of the molecule is CC(I)C(OC[C@H]1O[C@@H]2OC(C)(C)O[C@@H]2[C@H]2OC(C)(C)O[C@H]21)O[C@H]1[C@@H](OCc2ccccc2)[C@H](OCc2ccccc2)[C@@H](COCc2ccccc2)O[C@@H]1Sc1ccccc1. The number of hydrogen-bond acceptors (Lipinski definition) is 12. The van der Waals surface area contributed by atoms with Gasteiger partial charge in [0, 0.05) is 4.90 Å². The number of rotatable bonds is 18. The summed E-state index contributed by atoms with van der Waals surface area (Å²) >= 11 is 3.94. The van der Waals surface area contributed by atoms with Gasteiger partial charge >= 0.3 is 0 Å². The second kappa shape index (κ2) is 20.6. The van der Waals surface area contributed by atoms with E-state index in [1.165, 1.54) is 0 Å². The van der Waals surface area contributed by atoms with E-state index >= 15 is 0 Å². The molecule has 4 aromatic carbocycles. The average molecular weight is 969 g/mol. The van der Waals surface area contributed by atoms with Gasteiger partial charge in [0.2, 0.25) is 0 Å². The fraction of sp³-hybridized carbons (Fsp3) is 0.500. The van der Waals surface area contributed by atoms with Crippen LogP contribution in [0, 0.1) is 0 Å². The van der Waals surface area contributed by atoms with Gasteiger partial charge in [-0.1, -0.05) is 144 Å². The van der Waals surface area contributed by atoms with Gasteiger partial charge in [-0.15, -0.1) is 0 Å². The van der Waals surface area contributed by atoms with Crippen molar-refractivity contribution in [2.45, 2.75) is 142 Å². The third kappa shape index (κ3) is 11.8. The highest BCUT2D eigenvalue weighted by Crippen LogP contribution is 2.45. The van der Waals surface area contributed by atoms with E-state index in [1.807, 2.05) is 100 Å². The zero-order valence-corrected chi connectivity index (χ0v) is 38.3. The Hall–Kier alpha value is -2.48. The van der Waals surface area contributed by atoms with Crippen LogP contribution in [0.5, 0.6) is 0 Å². The standard InChI is InChI=1S/C48H57IO11S/c1-31(49)44(53-30-37-39-41(58-47(2,3)57-39)42-45(54-37)60-48(4,5)59-42)56-43-40(52-28-34-22-14-8-15-23-34)38(51-27-33-20-12-7-13-21-33)36(29-50-26-32-18-10-6-11-19-32)55-46(43)61-35-24-16-9-17-25-35/h6-25,31,36-46H,26-30H2,1-5H3/t31?,36-,37-,38-,39+,40+,41+,42-,43+,44?,45-,46-/m1/s1. The molecule has 4 heterocycles. The zero-order chi connectivity index (χ0) is 42.4. The Morgan fingerprint density at radius 3 is 1.70 bits per heavy atom. The molecule has 0 aromatic heterocycles. The summed E-state index contributed by atoms with van der Waals surface area (Å²) in [4.78, 5) is 1.02. The van der Waals surface area contributed by atoms with E-state index < -0.39 is 78.4 Å². The second-order valence-corrected chi connectivity index (χ2v) is 19.8. The van der Waals surface area contributed by atoms with Crippen molar-refractivity contribution in [3.8, 4) is 0 Å². The molecule has 8 rings (SSSR count). The van der Waals surface area contributed by atoms with E-state index in [0.717, 1.165) is 21.6 Å². The summed E-state index contributed by atoms with van der Waals surface area (Å²) in [6.45, 7) is 11.1. The number of thioether (sulfide) groups is 1. The van der Waals surface area contributed by atoms with Crippen molar-refractivity contribution in [2.24, 2.45) is 0 Å². The largest absolute Gasteiger partial charge is 0.374 e. The molecule has 11 nitrogen and oxygen atoms in total. The van der Waals surface area contributed by atoms with E-state index in [9.17, 15) is 0 Å². The number of fused-ring (bicyclic) bond motifs is 3. The molecule has 2 unspecified atom stereocenters. The van der Waals surface area contributed by atoms with Crippen LogP contribution in [-0.4, -0.2) is 95.6 Å². The Kier molecular flexibility index (Phi) is 15.2. The minimum Gasteiger partial charge on any atom is -0.374 e. The maximum atomic E-state index is 7.20. The number of ether oxygens (including phenoxy) is 11. The lowest BCUT2D eigenvalue weighted by atomic mass is 9.98. The lowest BCUT2D eigenvalue weighted by Crippen LogP contribution is -2.61. The van der Waals surface area contributed by atoms with E-state index in [2.05, 4.69) is 78.0 Å². The van der Waals surface area contributed by atoms with Gasteiger partial charge in [-0.05, 0) is 63.4 Å². The molecule has 61 heavy (non-hydrogen) atoms. The van der Waals surface area contributed by atoms with Gasteiger partial charge in [0.1, 0.15) is 54.3 Å². The van der Waals surface area contributed by atoms with Crippen molar-refractivity contribution in [3.63, 3.8) is 0 Å². The van der Waals surface area contributed by atoms with Crippen molar-refractivity contribution < 1.29 is 52.1 Å². The van der Waals surface area contributed by atoms with Crippen LogP contribution in [0.2, 0.25) is 0 Å². The monoisotopic (exact) mass is 968 g/mol. The van der Waals surface area contributed by atoms with Gasteiger partial charge in [-0.2, -0.15) is 0 Å². The second-order valence-electron chi connectivity index (χ2n) is 16.7. The number of halogens is 1. The van der Waals surface area contributed by atoms with Gasteiger partial charge in [0.25, 0.3) is 0 Å². The molecule has 0 saturated carbocycles. The van der Waals surface area contributed by atoms with Gasteiger partial charge in [0.05, 0.1) is 37.0 Å². The number of hydrogen-bond donors (Lipinski definition) is 0. The summed E-state index contributed by atoms with van der Waals surface area (Å²) in [7, 11) is 0. The molecule has 12 atom stereocenters. The highest BCUT2D eigenvalue weighted by molar-refractivity contribution is 14.1. The van der Waals surface area contributed by atoms with Crippen LogP contribution in [0.3, 0.4) is 0 Å². The van der Waals surface area contributed by atoms with E-state index in [1.54, 1.807) is 11.8 Å². The highest BCUT2D eigenvalue weighted by Gasteiger charge is 2.61. The topological polar surface area (TPSA) is 102 Å². The number of alkyl halides is 1. The van der Waals surface area contributed by atoms with Crippen LogP contribution in [0.1, 0.15) is 51.3 Å². The Balaban J connectivity index is 1.09. The summed E-state index contributed by atoms with van der Waals surface area (Å²) in [5.74, 6) is -1.67. The van der Waals surface area contributed by atoms with E-state index in [4.69, 9.17) is 52.1 Å². The van der Waals surface area contributed by atoms with Crippen LogP contribution in [0.15, 0.2) is 126 Å². The molecule has 0 amide bonds. The van der Waals surface area contributed by atoms with Crippen molar-refractivity contribution in [3.05, 3.63) is 138 Å². The van der Waals surface area contributed by atoms with Crippen molar-refractivity contribution in [1.29, 1.82) is 0 Å². The van der Waals surface area contributed by atoms with Crippen LogP contribution in [0.25, 0.3) is 0 Å². The summed E-state index contributed by atoms with van der Waals surface area (Å²) in [5, 5.41) is 0. The average Bonchev–Trinajstić information content (AvgIpc) is 3.76. The maximum Gasteiger partial charge on any atom is 0.190 e. The maximum absolute atomic E-state index is 7.20. The fourth-order valence-electron chi connectivity index (χ4n) is 8.13. The van der Waals surface area contributed by atoms with Gasteiger partial charge in [-0.3, -0.25) is 0 Å². The summed E-state index contributed by atoms with van der Waals surface area (Å²) < 4.78 is 73.1. The summed E-state index contributed by atoms with van der Waals surface area (Å²) in [5.41, 5.74) is 2.59. The molecule has 0 N–H and O–H groups in total. The molecule has 0 aliphatic carbocycles. The third-order valence-electron chi connectivity index (χ3n) is 10.9. The Morgan fingerprint density at radius 1 is 0.574 bits per heavy atom. The van der Waals surface area contributed by atoms with E-state index in [-0.39, 0.29) is 17.1 Å². The predicted molar refractivity (Wildman–Crippen MR) is 238 cm³/mol. The Labute approximate surface area is 377 Å². The summed E-state index contributed by atoms with van der Waals surface area (Å²) in [6.07, 6.45) is -5.55. The highest BCUT2D eigenvalue weighted by atomic mass is 127. The normalized spacial score (nSPS) is 31.2. The first-order chi connectivity index (χ1) is 29.5. The first kappa shape index (κ1) is 45.1. The van der Waals surface area contributed by atoms with Gasteiger partial charge in [-0.25, -0.2) is 0 Å². The quantitative estimate of drug-likeness (QED) is 0.0541. The molecule has 4 saturated heterocycles. The third-order valence-corrected chi connectivity index (χ3v) is 12.6. The first-order valence-corrected chi connectivity index (χ1v) is 23.2. The molecule has 4 fully saturated rings. The molecule has 0 bridgehead atoms.